The average molecular weight is 491 g/mol. The molecule has 1 heterocycles. The first-order valence-electron chi connectivity index (χ1n) is 9.70. The minimum absolute atomic E-state index is 0.272. The van der Waals surface area contributed by atoms with Gasteiger partial charge in [-0.05, 0) is 54.4 Å². The minimum Gasteiger partial charge on any atom is -0.268 e. The predicted molar refractivity (Wildman–Crippen MR) is 121 cm³/mol. The fraction of sp³-hybridized carbons (Fsp3) is 0.130. The van der Waals surface area contributed by atoms with Gasteiger partial charge in [0.2, 0.25) is 9.84 Å². The summed E-state index contributed by atoms with van der Waals surface area (Å²) in [5.41, 5.74) is 1.52. The van der Waals surface area contributed by atoms with Crippen LogP contribution in [-0.2, 0) is 15.6 Å². The lowest BCUT2D eigenvalue weighted by atomic mass is 10.2. The van der Waals surface area contributed by atoms with E-state index in [1.807, 2.05) is 0 Å². The number of hydrogen-bond donors (Lipinski definition) is 0. The molecule has 0 amide bonds. The van der Waals surface area contributed by atoms with Gasteiger partial charge in [-0.3, -0.25) is 9.36 Å². The maximum absolute atomic E-state index is 14.2. The van der Waals surface area contributed by atoms with Gasteiger partial charge in [0, 0.05) is 5.75 Å². The summed E-state index contributed by atoms with van der Waals surface area (Å²) >= 11 is 1.19. The van der Waals surface area contributed by atoms with Crippen molar-refractivity contribution in [3.8, 4) is 5.69 Å². The lowest BCUT2D eigenvalue weighted by Gasteiger charge is -2.14. The van der Waals surface area contributed by atoms with Crippen LogP contribution < -0.4 is 5.56 Å². The Hall–Kier alpha value is -3.11. The van der Waals surface area contributed by atoms with E-state index in [1.165, 1.54) is 34.5 Å². The van der Waals surface area contributed by atoms with E-state index >= 15 is 0 Å². The van der Waals surface area contributed by atoms with Crippen molar-refractivity contribution in [2.24, 2.45) is 0 Å². The minimum atomic E-state index is -4.67. The fourth-order valence-electron chi connectivity index (χ4n) is 3.18. The van der Waals surface area contributed by atoms with E-state index in [0.29, 0.717) is 32.9 Å². The Morgan fingerprint density at radius 3 is 2.39 bits per heavy atom. The summed E-state index contributed by atoms with van der Waals surface area (Å²) in [7, 11) is -4.67. The normalized spacial score (nSPS) is 11.9. The number of rotatable bonds is 6. The Labute approximate surface area is 191 Å². The van der Waals surface area contributed by atoms with Crippen LogP contribution in [0.3, 0.4) is 0 Å². The number of thioether (sulfide) groups is 1. The molecule has 0 aliphatic rings. The SMILES string of the molecule is Cc1ccc(-n2c(SCc3ccc(S(=O)(=O)C(F)F)cc3)nc3ccccc3c2=O)cc1F. The molecule has 0 aliphatic carbocycles. The molecule has 4 aromatic rings. The third kappa shape index (κ3) is 4.53. The first kappa shape index (κ1) is 23.1. The molecule has 5 nitrogen and oxygen atoms in total. The third-order valence-corrected chi connectivity index (χ3v) is 7.42. The van der Waals surface area contributed by atoms with Crippen LogP contribution in [-0.4, -0.2) is 23.7 Å². The number of nitrogens with zero attached hydrogens (tertiary/aromatic N) is 2. The fourth-order valence-corrected chi connectivity index (χ4v) is 4.87. The molecule has 0 spiro atoms. The molecule has 0 radical (unpaired) electrons. The van der Waals surface area contributed by atoms with Crippen LogP contribution >= 0.6 is 11.8 Å². The molecule has 10 heteroatoms. The highest BCUT2D eigenvalue weighted by atomic mass is 32.2. The third-order valence-electron chi connectivity index (χ3n) is 5.01. The Morgan fingerprint density at radius 1 is 1.03 bits per heavy atom. The van der Waals surface area contributed by atoms with Gasteiger partial charge in [0.25, 0.3) is 5.56 Å². The summed E-state index contributed by atoms with van der Waals surface area (Å²) in [6, 6.07) is 16.4. The number of alkyl halides is 2. The number of para-hydroxylation sites is 1. The molecule has 0 unspecified atom stereocenters. The topological polar surface area (TPSA) is 69.0 Å². The maximum atomic E-state index is 14.2. The van der Waals surface area contributed by atoms with E-state index in [9.17, 15) is 26.4 Å². The number of halogens is 3. The van der Waals surface area contributed by atoms with Gasteiger partial charge in [0.05, 0.1) is 21.5 Å². The van der Waals surface area contributed by atoms with Crippen molar-refractivity contribution in [3.05, 3.63) is 94.0 Å². The standard InChI is InChI=1S/C23H17F3N2O3S2/c1-14-6-9-16(12-19(14)24)28-21(29)18-4-2-3-5-20(18)27-23(28)32-13-15-7-10-17(11-8-15)33(30,31)22(25)26/h2-12,22H,13H2,1H3. The summed E-state index contributed by atoms with van der Waals surface area (Å²) in [6.45, 7) is 1.62. The van der Waals surface area contributed by atoms with Gasteiger partial charge in [-0.2, -0.15) is 8.78 Å². The first-order chi connectivity index (χ1) is 15.7. The van der Waals surface area contributed by atoms with Gasteiger partial charge in [-0.15, -0.1) is 0 Å². The Bertz CT molecular complexity index is 1500. The van der Waals surface area contributed by atoms with Crippen LogP contribution in [0.1, 0.15) is 11.1 Å². The molecule has 0 bridgehead atoms. The van der Waals surface area contributed by atoms with Crippen LogP contribution in [0, 0.1) is 12.7 Å². The smallest absolute Gasteiger partial charge is 0.268 e. The van der Waals surface area contributed by atoms with Crippen LogP contribution in [0.2, 0.25) is 0 Å². The maximum Gasteiger partial charge on any atom is 0.341 e. The summed E-state index contributed by atoms with van der Waals surface area (Å²) in [5, 5.41) is 0.690. The Kier molecular flexibility index (Phi) is 6.31. The van der Waals surface area contributed by atoms with Crippen molar-refractivity contribution in [1.82, 2.24) is 9.55 Å². The van der Waals surface area contributed by atoms with Gasteiger partial charge >= 0.3 is 5.76 Å². The van der Waals surface area contributed by atoms with Crippen LogP contribution in [0.4, 0.5) is 13.2 Å². The van der Waals surface area contributed by atoms with Crippen molar-refractivity contribution in [2.45, 2.75) is 28.5 Å². The number of aryl methyl sites for hydroxylation is 1. The van der Waals surface area contributed by atoms with Crippen molar-refractivity contribution in [2.75, 3.05) is 0 Å². The molecule has 3 aromatic carbocycles. The van der Waals surface area contributed by atoms with Gasteiger partial charge in [-0.1, -0.05) is 42.1 Å². The molecule has 1 aromatic heterocycles. The summed E-state index contributed by atoms with van der Waals surface area (Å²) in [6.07, 6.45) is 0. The average Bonchev–Trinajstić information content (AvgIpc) is 2.80. The van der Waals surface area contributed by atoms with Gasteiger partial charge in [0.15, 0.2) is 5.16 Å². The number of sulfone groups is 1. The second kappa shape index (κ2) is 9.03. The van der Waals surface area contributed by atoms with Gasteiger partial charge in [-0.25, -0.2) is 17.8 Å². The number of benzene rings is 3. The second-order valence-electron chi connectivity index (χ2n) is 7.22. The van der Waals surface area contributed by atoms with E-state index in [0.717, 1.165) is 12.1 Å². The van der Waals surface area contributed by atoms with Crippen LogP contribution in [0.15, 0.2) is 81.6 Å². The Balaban J connectivity index is 1.73. The summed E-state index contributed by atoms with van der Waals surface area (Å²) < 4.78 is 64.2. The van der Waals surface area contributed by atoms with Crippen molar-refractivity contribution < 1.29 is 21.6 Å². The largest absolute Gasteiger partial charge is 0.341 e. The second-order valence-corrected chi connectivity index (χ2v) is 10.1. The molecule has 4 rings (SSSR count). The van der Waals surface area contributed by atoms with Gasteiger partial charge < -0.3 is 0 Å². The van der Waals surface area contributed by atoms with E-state index in [2.05, 4.69) is 4.98 Å². The van der Waals surface area contributed by atoms with E-state index in [-0.39, 0.29) is 11.3 Å². The zero-order chi connectivity index (χ0) is 23.8. The monoisotopic (exact) mass is 490 g/mol. The van der Waals surface area contributed by atoms with E-state index in [1.54, 1.807) is 43.3 Å². The number of hydrogen-bond acceptors (Lipinski definition) is 5. The van der Waals surface area contributed by atoms with Gasteiger partial charge in [0.1, 0.15) is 5.82 Å². The van der Waals surface area contributed by atoms with Crippen LogP contribution in [0.25, 0.3) is 16.6 Å². The lowest BCUT2D eigenvalue weighted by molar-refractivity contribution is 0.234. The van der Waals surface area contributed by atoms with Crippen LogP contribution in [0.5, 0.6) is 0 Å². The van der Waals surface area contributed by atoms with E-state index in [4.69, 9.17) is 0 Å². The molecule has 0 aliphatic heterocycles. The zero-order valence-electron chi connectivity index (χ0n) is 17.2. The number of aromatic nitrogens is 2. The number of fused-ring (bicyclic) bond motifs is 1. The van der Waals surface area contributed by atoms with E-state index < -0.39 is 26.3 Å². The predicted octanol–water partition coefficient (Wildman–Crippen LogP) is 5.12. The zero-order valence-corrected chi connectivity index (χ0v) is 18.8. The van der Waals surface area contributed by atoms with Crippen molar-refractivity contribution in [1.29, 1.82) is 0 Å². The molecule has 0 fully saturated rings. The quantitative estimate of drug-likeness (QED) is 0.277. The summed E-state index contributed by atoms with van der Waals surface area (Å²) in [4.78, 5) is 17.3. The van der Waals surface area contributed by atoms with Crippen molar-refractivity contribution in [3.63, 3.8) is 0 Å². The molecule has 0 saturated carbocycles. The van der Waals surface area contributed by atoms with Crippen molar-refractivity contribution >= 4 is 32.5 Å². The first-order valence-corrected chi connectivity index (χ1v) is 12.2. The Morgan fingerprint density at radius 2 is 1.73 bits per heavy atom. The highest BCUT2D eigenvalue weighted by Crippen LogP contribution is 2.26. The molecule has 170 valence electrons. The molecule has 0 saturated heterocycles. The highest BCUT2D eigenvalue weighted by molar-refractivity contribution is 7.98. The highest BCUT2D eigenvalue weighted by Gasteiger charge is 2.26. The summed E-state index contributed by atoms with van der Waals surface area (Å²) in [5.74, 6) is -3.68. The lowest BCUT2D eigenvalue weighted by Crippen LogP contribution is -2.22. The molecule has 0 N–H and O–H groups in total. The molecule has 33 heavy (non-hydrogen) atoms. The molecular formula is C23H17F3N2O3S2. The molecular weight excluding hydrogens is 473 g/mol. The molecule has 0 atom stereocenters.